The van der Waals surface area contributed by atoms with Gasteiger partial charge in [-0.2, -0.15) is 0 Å². The van der Waals surface area contributed by atoms with Crippen LogP contribution in [-0.4, -0.2) is 26.0 Å². The molecule has 0 unspecified atom stereocenters. The zero-order valence-corrected chi connectivity index (χ0v) is 16.6. The van der Waals surface area contributed by atoms with Crippen LogP contribution in [-0.2, 0) is 4.79 Å². The van der Waals surface area contributed by atoms with Crippen LogP contribution >= 0.6 is 15.9 Å². The summed E-state index contributed by atoms with van der Waals surface area (Å²) < 4.78 is 11.1. The van der Waals surface area contributed by atoms with Crippen LogP contribution in [0, 0.1) is 0 Å². The molecule has 8 heteroatoms. The number of methoxy groups -OCH3 is 2. The highest BCUT2D eigenvalue weighted by atomic mass is 79.9. The molecule has 0 saturated carbocycles. The Kier molecular flexibility index (Phi) is 7.25. The van der Waals surface area contributed by atoms with E-state index in [1.54, 1.807) is 24.3 Å². The third kappa shape index (κ3) is 5.75. The van der Waals surface area contributed by atoms with Crippen LogP contribution in [0.15, 0.2) is 59.2 Å². The highest BCUT2D eigenvalue weighted by molar-refractivity contribution is 9.10. The van der Waals surface area contributed by atoms with E-state index in [-0.39, 0.29) is 12.3 Å². The van der Waals surface area contributed by atoms with Crippen molar-refractivity contribution >= 4 is 33.4 Å². The van der Waals surface area contributed by atoms with Crippen molar-refractivity contribution < 1.29 is 19.1 Å². The number of hydrazine groups is 1. The van der Waals surface area contributed by atoms with Gasteiger partial charge in [-0.3, -0.25) is 15.0 Å². The van der Waals surface area contributed by atoms with E-state index in [0.29, 0.717) is 28.4 Å². The molecule has 2 rings (SSSR count). The number of ether oxygens (including phenoxy) is 2. The molecule has 0 aliphatic rings. The van der Waals surface area contributed by atoms with Crippen LogP contribution in [0.3, 0.4) is 0 Å². The lowest BCUT2D eigenvalue weighted by Gasteiger charge is -2.14. The van der Waals surface area contributed by atoms with Crippen molar-refractivity contribution in [2.75, 3.05) is 19.5 Å². The summed E-state index contributed by atoms with van der Waals surface area (Å²) in [6, 6.07) is 12.1. The summed E-state index contributed by atoms with van der Waals surface area (Å²) in [5.74, 6) is 0.244. The van der Waals surface area contributed by atoms with E-state index >= 15 is 0 Å². The van der Waals surface area contributed by atoms with Gasteiger partial charge in [0.25, 0.3) is 5.91 Å². The highest BCUT2D eigenvalue weighted by Gasteiger charge is 2.14. The summed E-state index contributed by atoms with van der Waals surface area (Å²) in [4.78, 5) is 24.4. The zero-order chi connectivity index (χ0) is 19.8. The van der Waals surface area contributed by atoms with Gasteiger partial charge in [0.1, 0.15) is 11.5 Å². The van der Waals surface area contributed by atoms with Crippen molar-refractivity contribution in [3.63, 3.8) is 0 Å². The number of hydrogen-bond acceptors (Lipinski definition) is 5. The molecule has 0 radical (unpaired) electrons. The average molecular weight is 434 g/mol. The number of anilines is 1. The zero-order valence-electron chi connectivity index (χ0n) is 15.0. The van der Waals surface area contributed by atoms with Crippen molar-refractivity contribution in [1.29, 1.82) is 0 Å². The Morgan fingerprint density at radius 2 is 1.81 bits per heavy atom. The second kappa shape index (κ2) is 9.63. The predicted octanol–water partition coefficient (Wildman–Crippen LogP) is 3.24. The third-order valence-electron chi connectivity index (χ3n) is 3.53. The van der Waals surface area contributed by atoms with E-state index in [2.05, 4.69) is 38.7 Å². The monoisotopic (exact) mass is 433 g/mol. The van der Waals surface area contributed by atoms with Crippen molar-refractivity contribution in [2.45, 2.75) is 6.42 Å². The van der Waals surface area contributed by atoms with E-state index in [1.165, 1.54) is 14.2 Å². The Morgan fingerprint density at radius 1 is 1.07 bits per heavy atom. The number of hydrogen-bond donors (Lipinski definition) is 3. The van der Waals surface area contributed by atoms with Gasteiger partial charge in [0.05, 0.1) is 31.9 Å². The molecule has 0 heterocycles. The number of amides is 2. The number of halogens is 1. The van der Waals surface area contributed by atoms with Crippen molar-refractivity contribution in [3.8, 4) is 11.5 Å². The molecule has 0 fully saturated rings. The first-order valence-electron chi connectivity index (χ1n) is 7.95. The molecule has 0 aliphatic carbocycles. The molecule has 7 nitrogen and oxygen atoms in total. The van der Waals surface area contributed by atoms with Crippen LogP contribution in [0.25, 0.3) is 0 Å². The molecule has 0 saturated heterocycles. The van der Waals surface area contributed by atoms with Crippen LogP contribution < -0.4 is 25.6 Å². The maximum Gasteiger partial charge on any atom is 0.273 e. The highest BCUT2D eigenvalue weighted by Crippen LogP contribution is 2.24. The average Bonchev–Trinajstić information content (AvgIpc) is 2.67. The maximum atomic E-state index is 12.3. The van der Waals surface area contributed by atoms with Crippen molar-refractivity contribution in [1.82, 2.24) is 10.9 Å². The van der Waals surface area contributed by atoms with Crippen molar-refractivity contribution in [2.24, 2.45) is 0 Å². The van der Waals surface area contributed by atoms with Gasteiger partial charge in [-0.15, -0.1) is 0 Å². The van der Waals surface area contributed by atoms with E-state index in [0.717, 1.165) is 4.47 Å². The molecule has 142 valence electrons. The minimum absolute atomic E-state index is 0.0125. The van der Waals surface area contributed by atoms with Crippen LogP contribution in [0.4, 0.5) is 5.69 Å². The minimum atomic E-state index is -0.429. The molecule has 2 aromatic rings. The molecule has 0 spiro atoms. The fourth-order valence-corrected chi connectivity index (χ4v) is 2.58. The third-order valence-corrected chi connectivity index (χ3v) is 4.22. The molecule has 3 N–H and O–H groups in total. The Labute approximate surface area is 165 Å². The summed E-state index contributed by atoms with van der Waals surface area (Å²) in [7, 11) is 2.99. The Bertz CT molecular complexity index is 855. The molecular weight excluding hydrogens is 414 g/mol. The fourth-order valence-electron chi connectivity index (χ4n) is 2.19. The minimum Gasteiger partial charge on any atom is -0.497 e. The van der Waals surface area contributed by atoms with Crippen LogP contribution in [0.5, 0.6) is 11.5 Å². The summed E-state index contributed by atoms with van der Waals surface area (Å²) in [6.45, 7) is 3.74. The molecule has 0 bridgehead atoms. The molecule has 27 heavy (non-hydrogen) atoms. The van der Waals surface area contributed by atoms with Crippen LogP contribution in [0.1, 0.15) is 16.8 Å². The first-order valence-corrected chi connectivity index (χ1v) is 8.74. The number of para-hydroxylation sites is 1. The SMILES string of the molecule is C=C(CC(=O)Nc1ccccc1Br)NNC(=O)c1ccc(OC)cc1OC. The number of carbonyl (C=O) groups excluding carboxylic acids is 2. The largest absolute Gasteiger partial charge is 0.497 e. The first-order chi connectivity index (χ1) is 12.9. The smallest absolute Gasteiger partial charge is 0.273 e. The second-order valence-corrected chi connectivity index (χ2v) is 6.31. The second-order valence-electron chi connectivity index (χ2n) is 5.45. The molecule has 0 atom stereocenters. The Hall–Kier alpha value is -3.00. The van der Waals surface area contributed by atoms with Gasteiger partial charge < -0.3 is 20.2 Å². The predicted molar refractivity (Wildman–Crippen MR) is 107 cm³/mol. The lowest BCUT2D eigenvalue weighted by Crippen LogP contribution is -2.37. The van der Waals surface area contributed by atoms with Gasteiger partial charge in [-0.25, -0.2) is 0 Å². The Balaban J connectivity index is 1.89. The number of carbonyl (C=O) groups is 2. The van der Waals surface area contributed by atoms with Gasteiger partial charge in [-0.05, 0) is 40.2 Å². The summed E-state index contributed by atoms with van der Waals surface area (Å²) >= 11 is 3.36. The topological polar surface area (TPSA) is 88.7 Å². The number of nitrogens with one attached hydrogen (secondary N) is 3. The number of rotatable bonds is 8. The number of benzene rings is 2. The normalized spacial score (nSPS) is 9.89. The molecule has 2 amide bonds. The molecule has 0 aliphatic heterocycles. The molecule has 0 aromatic heterocycles. The van der Waals surface area contributed by atoms with Crippen LogP contribution in [0.2, 0.25) is 0 Å². The van der Waals surface area contributed by atoms with Gasteiger partial charge in [0.2, 0.25) is 5.91 Å². The van der Waals surface area contributed by atoms with Gasteiger partial charge in [0, 0.05) is 16.2 Å². The fraction of sp³-hybridized carbons (Fsp3) is 0.158. The van der Waals surface area contributed by atoms with Crippen molar-refractivity contribution in [3.05, 3.63) is 64.8 Å². The van der Waals surface area contributed by atoms with Gasteiger partial charge in [-0.1, -0.05) is 18.7 Å². The lowest BCUT2D eigenvalue weighted by molar-refractivity contribution is -0.115. The summed E-state index contributed by atoms with van der Waals surface area (Å²) in [5, 5.41) is 2.76. The molecule has 2 aromatic carbocycles. The maximum absolute atomic E-state index is 12.3. The molecular formula is C19H20BrN3O4. The van der Waals surface area contributed by atoms with Gasteiger partial charge in [0.15, 0.2) is 0 Å². The van der Waals surface area contributed by atoms with Gasteiger partial charge >= 0.3 is 0 Å². The quantitative estimate of drug-likeness (QED) is 0.556. The van der Waals surface area contributed by atoms with E-state index in [9.17, 15) is 9.59 Å². The summed E-state index contributed by atoms with van der Waals surface area (Å²) in [5.41, 5.74) is 6.44. The Morgan fingerprint density at radius 3 is 2.48 bits per heavy atom. The first kappa shape index (κ1) is 20.3. The summed E-state index contributed by atoms with van der Waals surface area (Å²) in [6.07, 6.45) is -0.0125. The van der Waals surface area contributed by atoms with E-state index in [1.807, 2.05) is 18.2 Å². The van der Waals surface area contributed by atoms with E-state index < -0.39 is 5.91 Å². The lowest BCUT2D eigenvalue weighted by atomic mass is 10.2. The standard InChI is InChI=1S/C19H20BrN3O4/c1-12(10-18(24)21-16-7-5-4-6-15(16)20)22-23-19(25)14-9-8-13(26-2)11-17(14)27-3/h4-9,11,22H,1,10H2,2-3H3,(H,21,24)(H,23,25). The van der Waals surface area contributed by atoms with E-state index in [4.69, 9.17) is 9.47 Å².